The topological polar surface area (TPSA) is 81.9 Å². The molecule has 7 heteroatoms. The molecular formula is C10H11N5O2. The number of amides is 1. The molecule has 17 heavy (non-hydrogen) atoms. The van der Waals surface area contributed by atoms with Crippen molar-refractivity contribution in [3.8, 4) is 5.82 Å². The Labute approximate surface area is 97.5 Å². The van der Waals surface area contributed by atoms with Crippen LogP contribution in [-0.4, -0.2) is 39.4 Å². The highest BCUT2D eigenvalue weighted by Gasteiger charge is 2.02. The van der Waals surface area contributed by atoms with E-state index in [-0.39, 0.29) is 12.5 Å². The smallest absolute Gasteiger partial charge is 0.250 e. The van der Waals surface area contributed by atoms with Crippen molar-refractivity contribution in [3.63, 3.8) is 0 Å². The summed E-state index contributed by atoms with van der Waals surface area (Å²) in [7, 11) is 1.47. The summed E-state index contributed by atoms with van der Waals surface area (Å²) in [4.78, 5) is 15.4. The lowest BCUT2D eigenvalue weighted by molar-refractivity contribution is -0.119. The molecule has 0 unspecified atom stereocenters. The van der Waals surface area contributed by atoms with Gasteiger partial charge in [0.15, 0.2) is 0 Å². The van der Waals surface area contributed by atoms with Crippen LogP contribution < -0.4 is 5.32 Å². The molecular weight excluding hydrogens is 222 g/mol. The summed E-state index contributed by atoms with van der Waals surface area (Å²) >= 11 is 0. The lowest BCUT2D eigenvalue weighted by atomic mass is 10.4. The molecule has 0 atom stereocenters. The van der Waals surface area contributed by atoms with Crippen LogP contribution in [0.3, 0.4) is 0 Å². The molecule has 1 amide bonds. The Morgan fingerprint density at radius 1 is 1.41 bits per heavy atom. The van der Waals surface area contributed by atoms with Crippen LogP contribution in [0.25, 0.3) is 5.82 Å². The number of aromatic nitrogens is 4. The monoisotopic (exact) mass is 233 g/mol. The fourth-order valence-corrected chi connectivity index (χ4v) is 1.26. The minimum absolute atomic E-state index is 0.0210. The number of carbonyl (C=O) groups is 1. The molecule has 1 N–H and O–H groups in total. The quantitative estimate of drug-likeness (QED) is 0.818. The van der Waals surface area contributed by atoms with Crippen molar-refractivity contribution >= 4 is 11.6 Å². The first-order valence-corrected chi connectivity index (χ1v) is 4.89. The lowest BCUT2D eigenvalue weighted by Gasteiger charge is -2.05. The fourth-order valence-electron chi connectivity index (χ4n) is 1.26. The second-order valence-corrected chi connectivity index (χ2v) is 3.26. The average Bonchev–Trinajstić information content (AvgIpc) is 2.84. The Bertz CT molecular complexity index is 480. The van der Waals surface area contributed by atoms with Crippen LogP contribution in [0.4, 0.5) is 5.69 Å². The third-order valence-corrected chi connectivity index (χ3v) is 1.99. The lowest BCUT2D eigenvalue weighted by Crippen LogP contribution is -2.17. The molecule has 0 bridgehead atoms. The number of rotatable bonds is 4. The van der Waals surface area contributed by atoms with E-state index in [4.69, 9.17) is 4.74 Å². The standard InChI is InChI=1S/C10H11N5O2/c1-17-5-10(16)14-8-2-3-9(11-4-8)15-6-12-13-7-15/h2-4,6-7H,5H2,1H3,(H,14,16). The van der Waals surface area contributed by atoms with Gasteiger partial charge in [0.25, 0.3) is 0 Å². The molecule has 0 aromatic carbocycles. The number of carbonyl (C=O) groups excluding carboxylic acids is 1. The number of methoxy groups -OCH3 is 1. The summed E-state index contributed by atoms with van der Waals surface area (Å²) in [6.45, 7) is 0.0210. The molecule has 0 spiro atoms. The largest absolute Gasteiger partial charge is 0.375 e. The van der Waals surface area contributed by atoms with E-state index in [1.54, 1.807) is 35.6 Å². The van der Waals surface area contributed by atoms with Gasteiger partial charge in [-0.25, -0.2) is 4.98 Å². The van der Waals surface area contributed by atoms with Gasteiger partial charge in [0.1, 0.15) is 25.1 Å². The first-order valence-electron chi connectivity index (χ1n) is 4.89. The van der Waals surface area contributed by atoms with E-state index in [9.17, 15) is 4.79 Å². The Balaban J connectivity index is 2.06. The van der Waals surface area contributed by atoms with Crippen LogP contribution in [-0.2, 0) is 9.53 Å². The van der Waals surface area contributed by atoms with Crippen molar-refractivity contribution in [2.24, 2.45) is 0 Å². The van der Waals surface area contributed by atoms with Crippen molar-refractivity contribution in [3.05, 3.63) is 31.0 Å². The Morgan fingerprint density at radius 3 is 2.76 bits per heavy atom. The molecule has 0 aliphatic carbocycles. The number of ether oxygens (including phenoxy) is 1. The molecule has 0 aliphatic rings. The van der Waals surface area contributed by atoms with E-state index in [1.807, 2.05) is 0 Å². The minimum Gasteiger partial charge on any atom is -0.375 e. The van der Waals surface area contributed by atoms with E-state index < -0.39 is 0 Å². The number of anilines is 1. The predicted molar refractivity (Wildman–Crippen MR) is 59.7 cm³/mol. The second kappa shape index (κ2) is 5.17. The summed E-state index contributed by atoms with van der Waals surface area (Å²) in [5.41, 5.74) is 0.615. The molecule has 0 saturated carbocycles. The van der Waals surface area contributed by atoms with Gasteiger partial charge in [0.05, 0.1) is 11.9 Å². The Hall–Kier alpha value is -2.28. The van der Waals surface area contributed by atoms with Crippen molar-refractivity contribution < 1.29 is 9.53 Å². The van der Waals surface area contributed by atoms with E-state index in [2.05, 4.69) is 20.5 Å². The Morgan fingerprint density at radius 2 is 2.18 bits per heavy atom. The maximum absolute atomic E-state index is 11.2. The first-order chi connectivity index (χ1) is 8.29. The molecule has 2 aromatic rings. The number of nitrogens with zero attached hydrogens (tertiary/aromatic N) is 4. The van der Waals surface area contributed by atoms with Gasteiger partial charge >= 0.3 is 0 Å². The van der Waals surface area contributed by atoms with Gasteiger partial charge in [0.2, 0.25) is 5.91 Å². The van der Waals surface area contributed by atoms with Crippen molar-refractivity contribution in [1.29, 1.82) is 0 Å². The maximum Gasteiger partial charge on any atom is 0.250 e. The summed E-state index contributed by atoms with van der Waals surface area (Å²) in [5.74, 6) is 0.464. The van der Waals surface area contributed by atoms with E-state index in [0.29, 0.717) is 11.5 Å². The van der Waals surface area contributed by atoms with Gasteiger partial charge in [-0.05, 0) is 12.1 Å². The van der Waals surface area contributed by atoms with Gasteiger partial charge in [-0.3, -0.25) is 9.36 Å². The van der Waals surface area contributed by atoms with Gasteiger partial charge in [0, 0.05) is 7.11 Å². The number of nitrogens with one attached hydrogen (secondary N) is 1. The van der Waals surface area contributed by atoms with Crippen LogP contribution in [0.1, 0.15) is 0 Å². The summed E-state index contributed by atoms with van der Waals surface area (Å²) in [6.07, 6.45) is 4.65. The summed E-state index contributed by atoms with van der Waals surface area (Å²) in [5, 5.41) is 10.0. The zero-order valence-electron chi connectivity index (χ0n) is 9.20. The van der Waals surface area contributed by atoms with E-state index in [0.717, 1.165) is 0 Å². The molecule has 0 aliphatic heterocycles. The molecule has 88 valence electrons. The number of hydrogen-bond donors (Lipinski definition) is 1. The molecule has 0 fully saturated rings. The molecule has 0 radical (unpaired) electrons. The van der Waals surface area contributed by atoms with Crippen LogP contribution in [0.15, 0.2) is 31.0 Å². The number of hydrogen-bond acceptors (Lipinski definition) is 5. The third-order valence-electron chi connectivity index (χ3n) is 1.99. The predicted octanol–water partition coefficient (Wildman–Crippen LogP) is 0.247. The van der Waals surface area contributed by atoms with Gasteiger partial charge < -0.3 is 10.1 Å². The van der Waals surface area contributed by atoms with Crippen LogP contribution in [0.2, 0.25) is 0 Å². The molecule has 0 saturated heterocycles. The molecule has 2 heterocycles. The zero-order valence-corrected chi connectivity index (χ0v) is 9.20. The van der Waals surface area contributed by atoms with Crippen molar-refractivity contribution in [2.75, 3.05) is 19.0 Å². The normalized spacial score (nSPS) is 10.2. The highest BCUT2D eigenvalue weighted by Crippen LogP contribution is 2.08. The van der Waals surface area contributed by atoms with Gasteiger partial charge in [-0.15, -0.1) is 10.2 Å². The molecule has 7 nitrogen and oxygen atoms in total. The van der Waals surface area contributed by atoms with Gasteiger partial charge in [-0.2, -0.15) is 0 Å². The Kier molecular flexibility index (Phi) is 3.41. The van der Waals surface area contributed by atoms with Crippen LogP contribution in [0, 0.1) is 0 Å². The van der Waals surface area contributed by atoms with Gasteiger partial charge in [-0.1, -0.05) is 0 Å². The average molecular weight is 233 g/mol. The first kappa shape index (κ1) is 11.2. The van der Waals surface area contributed by atoms with Crippen LogP contribution >= 0.6 is 0 Å². The second-order valence-electron chi connectivity index (χ2n) is 3.26. The van der Waals surface area contributed by atoms with E-state index >= 15 is 0 Å². The zero-order chi connectivity index (χ0) is 12.1. The molecule has 2 aromatic heterocycles. The summed E-state index contributed by atoms with van der Waals surface area (Å²) < 4.78 is 6.37. The fraction of sp³-hybridized carbons (Fsp3) is 0.200. The third kappa shape index (κ3) is 2.85. The minimum atomic E-state index is -0.216. The number of pyridine rings is 1. The van der Waals surface area contributed by atoms with Crippen molar-refractivity contribution in [2.45, 2.75) is 0 Å². The molecule has 2 rings (SSSR count). The highest BCUT2D eigenvalue weighted by molar-refractivity contribution is 5.91. The van der Waals surface area contributed by atoms with Crippen LogP contribution in [0.5, 0.6) is 0 Å². The summed E-state index contributed by atoms with van der Waals surface area (Å²) in [6, 6.07) is 3.50. The maximum atomic E-state index is 11.2. The van der Waals surface area contributed by atoms with Crippen molar-refractivity contribution in [1.82, 2.24) is 19.7 Å². The SMILES string of the molecule is COCC(=O)Nc1ccc(-n2cnnc2)nc1. The highest BCUT2D eigenvalue weighted by atomic mass is 16.5. The van der Waals surface area contributed by atoms with E-state index in [1.165, 1.54) is 7.11 Å².